The third kappa shape index (κ3) is 3.54. The van der Waals surface area contributed by atoms with Crippen LogP contribution in [0.15, 0.2) is 6.20 Å². The van der Waals surface area contributed by atoms with E-state index in [-0.39, 0.29) is 6.10 Å². The molecule has 2 saturated carbocycles. The molecule has 2 aliphatic carbocycles. The molecular formula is C18H29N3O. The van der Waals surface area contributed by atoms with Gasteiger partial charge in [0, 0.05) is 19.3 Å². The first-order valence-electron chi connectivity index (χ1n) is 9.27. The monoisotopic (exact) mass is 303 g/mol. The van der Waals surface area contributed by atoms with E-state index in [9.17, 15) is 0 Å². The predicted molar refractivity (Wildman–Crippen MR) is 86.8 cm³/mol. The van der Waals surface area contributed by atoms with Gasteiger partial charge in [0.25, 0.3) is 0 Å². The Morgan fingerprint density at radius 2 is 1.95 bits per heavy atom. The molecule has 122 valence electrons. The topological polar surface area (TPSA) is 39.1 Å². The first-order valence-corrected chi connectivity index (χ1v) is 9.27. The van der Waals surface area contributed by atoms with Crippen molar-refractivity contribution in [1.29, 1.82) is 0 Å². The SMILES string of the molecule is c1c2c(nn1CC1CC1)C(CNCC1CCCCC1)OCC2. The molecule has 0 saturated heterocycles. The van der Waals surface area contributed by atoms with Crippen molar-refractivity contribution < 1.29 is 4.74 Å². The number of hydrogen-bond donors (Lipinski definition) is 1. The summed E-state index contributed by atoms with van der Waals surface area (Å²) < 4.78 is 8.16. The van der Waals surface area contributed by atoms with E-state index in [0.29, 0.717) is 0 Å². The van der Waals surface area contributed by atoms with Crippen LogP contribution in [0.2, 0.25) is 0 Å². The van der Waals surface area contributed by atoms with Crippen molar-refractivity contribution in [3.05, 3.63) is 17.5 Å². The summed E-state index contributed by atoms with van der Waals surface area (Å²) in [6, 6.07) is 0. The van der Waals surface area contributed by atoms with E-state index in [2.05, 4.69) is 16.2 Å². The van der Waals surface area contributed by atoms with Gasteiger partial charge in [0.05, 0.1) is 12.3 Å². The van der Waals surface area contributed by atoms with Crippen molar-refractivity contribution >= 4 is 0 Å². The van der Waals surface area contributed by atoms with Crippen LogP contribution >= 0.6 is 0 Å². The Hall–Kier alpha value is -0.870. The maximum atomic E-state index is 5.99. The minimum absolute atomic E-state index is 0.160. The van der Waals surface area contributed by atoms with Gasteiger partial charge in [0.2, 0.25) is 0 Å². The molecule has 2 fully saturated rings. The van der Waals surface area contributed by atoms with Crippen LogP contribution in [0.3, 0.4) is 0 Å². The van der Waals surface area contributed by atoms with E-state index in [0.717, 1.165) is 44.5 Å². The van der Waals surface area contributed by atoms with E-state index >= 15 is 0 Å². The summed E-state index contributed by atoms with van der Waals surface area (Å²) in [6.07, 6.45) is 13.3. The largest absolute Gasteiger partial charge is 0.370 e. The Kier molecular flexibility index (Phi) is 4.49. The molecule has 3 aliphatic rings. The van der Waals surface area contributed by atoms with Gasteiger partial charge < -0.3 is 10.1 Å². The summed E-state index contributed by atoms with van der Waals surface area (Å²) in [7, 11) is 0. The van der Waals surface area contributed by atoms with Gasteiger partial charge in [-0.05, 0) is 56.0 Å². The van der Waals surface area contributed by atoms with Gasteiger partial charge in [-0.25, -0.2) is 0 Å². The predicted octanol–water partition coefficient (Wildman–Crippen LogP) is 3.08. The molecule has 4 heteroatoms. The quantitative estimate of drug-likeness (QED) is 0.878. The van der Waals surface area contributed by atoms with Crippen LogP contribution in [0.5, 0.6) is 0 Å². The summed E-state index contributed by atoms with van der Waals surface area (Å²) in [5.74, 6) is 1.76. The van der Waals surface area contributed by atoms with Gasteiger partial charge >= 0.3 is 0 Å². The first-order chi connectivity index (χ1) is 10.9. The summed E-state index contributed by atoms with van der Waals surface area (Å²) in [4.78, 5) is 0. The smallest absolute Gasteiger partial charge is 0.114 e. The minimum Gasteiger partial charge on any atom is -0.370 e. The molecule has 22 heavy (non-hydrogen) atoms. The molecule has 1 aromatic heterocycles. The Bertz CT molecular complexity index is 489. The van der Waals surface area contributed by atoms with Gasteiger partial charge in [-0.1, -0.05) is 19.3 Å². The van der Waals surface area contributed by atoms with Crippen LogP contribution in [-0.4, -0.2) is 29.5 Å². The molecule has 4 rings (SSSR count). The van der Waals surface area contributed by atoms with E-state index in [1.54, 1.807) is 0 Å². The zero-order valence-electron chi connectivity index (χ0n) is 13.6. The lowest BCUT2D eigenvalue weighted by Gasteiger charge is -2.25. The second-order valence-electron chi connectivity index (χ2n) is 7.48. The van der Waals surface area contributed by atoms with Crippen molar-refractivity contribution in [3.8, 4) is 0 Å². The molecule has 2 heterocycles. The van der Waals surface area contributed by atoms with Crippen LogP contribution < -0.4 is 5.32 Å². The van der Waals surface area contributed by atoms with Crippen molar-refractivity contribution in [2.75, 3.05) is 19.7 Å². The number of ether oxygens (including phenoxy) is 1. The molecular weight excluding hydrogens is 274 g/mol. The highest BCUT2D eigenvalue weighted by molar-refractivity contribution is 5.22. The molecule has 1 unspecified atom stereocenters. The summed E-state index contributed by atoms with van der Waals surface area (Å²) in [5.41, 5.74) is 2.61. The maximum absolute atomic E-state index is 5.99. The maximum Gasteiger partial charge on any atom is 0.114 e. The molecule has 0 bridgehead atoms. The fourth-order valence-corrected chi connectivity index (χ4v) is 3.96. The fraction of sp³-hybridized carbons (Fsp3) is 0.833. The highest BCUT2D eigenvalue weighted by atomic mass is 16.5. The van der Waals surface area contributed by atoms with Gasteiger partial charge in [0.1, 0.15) is 6.10 Å². The minimum atomic E-state index is 0.160. The van der Waals surface area contributed by atoms with Crippen molar-refractivity contribution in [2.45, 2.75) is 64.0 Å². The van der Waals surface area contributed by atoms with Crippen molar-refractivity contribution in [2.24, 2.45) is 11.8 Å². The molecule has 0 radical (unpaired) electrons. The molecule has 1 aromatic rings. The van der Waals surface area contributed by atoms with Gasteiger partial charge in [-0.15, -0.1) is 0 Å². The van der Waals surface area contributed by atoms with E-state index in [1.165, 1.54) is 56.2 Å². The van der Waals surface area contributed by atoms with Gasteiger partial charge in [0.15, 0.2) is 0 Å². The highest BCUT2D eigenvalue weighted by Gasteiger charge is 2.27. The zero-order valence-corrected chi connectivity index (χ0v) is 13.6. The van der Waals surface area contributed by atoms with E-state index < -0.39 is 0 Å². The summed E-state index contributed by atoms with van der Waals surface area (Å²) >= 11 is 0. The fourth-order valence-electron chi connectivity index (χ4n) is 3.96. The molecule has 1 aliphatic heterocycles. The number of fused-ring (bicyclic) bond motifs is 1. The normalized spacial score (nSPS) is 26.1. The number of aromatic nitrogens is 2. The molecule has 0 aromatic carbocycles. The van der Waals surface area contributed by atoms with E-state index in [1.807, 2.05) is 0 Å². The molecule has 0 amide bonds. The van der Waals surface area contributed by atoms with Crippen LogP contribution in [0.1, 0.15) is 62.3 Å². The van der Waals surface area contributed by atoms with Crippen molar-refractivity contribution in [3.63, 3.8) is 0 Å². The van der Waals surface area contributed by atoms with Crippen LogP contribution in [-0.2, 0) is 17.7 Å². The summed E-state index contributed by atoms with van der Waals surface area (Å²) in [6.45, 7) is 4.02. The second kappa shape index (κ2) is 6.71. The number of rotatable bonds is 6. The molecule has 4 nitrogen and oxygen atoms in total. The first kappa shape index (κ1) is 14.7. The zero-order chi connectivity index (χ0) is 14.8. The number of nitrogens with zero attached hydrogens (tertiary/aromatic N) is 2. The Balaban J connectivity index is 1.31. The summed E-state index contributed by atoms with van der Waals surface area (Å²) in [5, 5.41) is 8.48. The lowest BCUT2D eigenvalue weighted by atomic mass is 9.89. The standard InChI is InChI=1S/C18H29N3O/c1-2-4-14(5-3-1)10-19-11-17-18-16(8-9-22-17)13-21(20-18)12-15-6-7-15/h13-15,17,19H,1-12H2. The van der Waals surface area contributed by atoms with Gasteiger partial charge in [-0.3, -0.25) is 4.68 Å². The van der Waals surface area contributed by atoms with Gasteiger partial charge in [-0.2, -0.15) is 5.10 Å². The lowest BCUT2D eigenvalue weighted by molar-refractivity contribution is 0.0386. The number of hydrogen-bond acceptors (Lipinski definition) is 3. The average Bonchev–Trinajstić information content (AvgIpc) is 3.25. The highest BCUT2D eigenvalue weighted by Crippen LogP contribution is 2.32. The Morgan fingerprint density at radius 3 is 2.77 bits per heavy atom. The number of nitrogens with one attached hydrogen (secondary N) is 1. The Labute approximate surface area is 133 Å². The van der Waals surface area contributed by atoms with E-state index in [4.69, 9.17) is 9.84 Å². The van der Waals surface area contributed by atoms with Crippen molar-refractivity contribution in [1.82, 2.24) is 15.1 Å². The molecule has 1 N–H and O–H groups in total. The third-order valence-corrected chi connectivity index (χ3v) is 5.50. The third-order valence-electron chi connectivity index (χ3n) is 5.50. The van der Waals surface area contributed by atoms with Crippen LogP contribution in [0.4, 0.5) is 0 Å². The Morgan fingerprint density at radius 1 is 1.09 bits per heavy atom. The average molecular weight is 303 g/mol. The molecule has 1 atom stereocenters. The molecule has 0 spiro atoms. The van der Waals surface area contributed by atoms with Crippen LogP contribution in [0, 0.1) is 11.8 Å². The lowest BCUT2D eigenvalue weighted by Crippen LogP contribution is -2.31. The van der Waals surface area contributed by atoms with Crippen LogP contribution in [0.25, 0.3) is 0 Å². The second-order valence-corrected chi connectivity index (χ2v) is 7.48.